The summed E-state index contributed by atoms with van der Waals surface area (Å²) < 4.78 is 0. The van der Waals surface area contributed by atoms with Crippen molar-refractivity contribution in [3.8, 4) is 0 Å². The molecule has 0 aromatic heterocycles. The molecular weight excluding hydrogens is 184 g/mol. The zero-order chi connectivity index (χ0) is 10.7. The van der Waals surface area contributed by atoms with Gasteiger partial charge in [0.2, 0.25) is 0 Å². The van der Waals surface area contributed by atoms with Crippen molar-refractivity contribution in [3.05, 3.63) is 48.6 Å². The Labute approximate surface area is 91.4 Å². The Kier molecular flexibility index (Phi) is 2.92. The van der Waals surface area contributed by atoms with Crippen LogP contribution in [0.2, 0.25) is 0 Å². The first-order valence-electron chi connectivity index (χ1n) is 5.66. The highest BCUT2D eigenvalue weighted by molar-refractivity contribution is 5.27. The highest BCUT2D eigenvalue weighted by atomic mass is 16.3. The van der Waals surface area contributed by atoms with Gasteiger partial charge in [-0.2, -0.15) is 0 Å². The first kappa shape index (κ1) is 10.4. The van der Waals surface area contributed by atoms with E-state index in [0.717, 1.165) is 25.7 Å². The topological polar surface area (TPSA) is 20.2 Å². The van der Waals surface area contributed by atoms with Gasteiger partial charge in [-0.25, -0.2) is 0 Å². The predicted octanol–water partition coefficient (Wildman–Crippen LogP) is 3.26. The molecule has 1 aromatic carbocycles. The Morgan fingerprint density at radius 1 is 1.20 bits per heavy atom. The molecule has 0 amide bonds. The molecule has 0 heterocycles. The molecule has 1 aliphatic rings. The van der Waals surface area contributed by atoms with Crippen molar-refractivity contribution in [1.29, 1.82) is 0 Å². The Hall–Kier alpha value is -1.08. The molecule has 1 unspecified atom stereocenters. The van der Waals surface area contributed by atoms with Crippen molar-refractivity contribution in [2.45, 2.75) is 37.2 Å². The van der Waals surface area contributed by atoms with E-state index < -0.39 is 5.60 Å². The summed E-state index contributed by atoms with van der Waals surface area (Å²) in [4.78, 5) is 0. The van der Waals surface area contributed by atoms with E-state index in [1.54, 1.807) is 0 Å². The second-order valence-corrected chi connectivity index (χ2v) is 4.43. The molecular formula is C14H18O. The third-order valence-corrected chi connectivity index (χ3v) is 3.44. The van der Waals surface area contributed by atoms with Crippen molar-refractivity contribution in [2.75, 3.05) is 0 Å². The molecule has 1 aliphatic carbocycles. The minimum Gasteiger partial charge on any atom is -0.389 e. The van der Waals surface area contributed by atoms with Gasteiger partial charge >= 0.3 is 0 Å². The Morgan fingerprint density at radius 3 is 2.33 bits per heavy atom. The van der Waals surface area contributed by atoms with Crippen molar-refractivity contribution >= 4 is 0 Å². The Bertz CT molecular complexity index is 322. The standard InChI is InChI=1S/C14H18O/c1-2-13(12-8-4-3-5-9-12)14(15)10-6-7-11-14/h2-5,8-9,13,15H,1,6-7,10-11H2. The molecule has 1 N–H and O–H groups in total. The molecule has 2 rings (SSSR count). The van der Waals surface area contributed by atoms with E-state index >= 15 is 0 Å². The van der Waals surface area contributed by atoms with E-state index in [-0.39, 0.29) is 5.92 Å². The summed E-state index contributed by atoms with van der Waals surface area (Å²) in [6.45, 7) is 3.87. The maximum absolute atomic E-state index is 10.5. The summed E-state index contributed by atoms with van der Waals surface area (Å²) in [6, 6.07) is 10.2. The lowest BCUT2D eigenvalue weighted by molar-refractivity contribution is 0.0331. The lowest BCUT2D eigenvalue weighted by Gasteiger charge is -2.30. The van der Waals surface area contributed by atoms with Crippen LogP contribution in [-0.4, -0.2) is 10.7 Å². The van der Waals surface area contributed by atoms with Crippen LogP contribution < -0.4 is 0 Å². The molecule has 1 saturated carbocycles. The smallest absolute Gasteiger partial charge is 0.0750 e. The maximum atomic E-state index is 10.5. The van der Waals surface area contributed by atoms with Crippen molar-refractivity contribution in [2.24, 2.45) is 0 Å². The monoisotopic (exact) mass is 202 g/mol. The fourth-order valence-corrected chi connectivity index (χ4v) is 2.62. The summed E-state index contributed by atoms with van der Waals surface area (Å²) in [5.41, 5.74) is 0.625. The van der Waals surface area contributed by atoms with Crippen molar-refractivity contribution in [1.82, 2.24) is 0 Å². The lowest BCUT2D eigenvalue weighted by atomic mass is 9.81. The highest BCUT2D eigenvalue weighted by Gasteiger charge is 2.38. The zero-order valence-corrected chi connectivity index (χ0v) is 9.02. The van der Waals surface area contributed by atoms with Gasteiger partial charge in [0.1, 0.15) is 0 Å². The summed E-state index contributed by atoms with van der Waals surface area (Å²) in [7, 11) is 0. The molecule has 0 spiro atoms. The number of hydrogen-bond acceptors (Lipinski definition) is 1. The molecule has 1 aromatic rings. The third kappa shape index (κ3) is 1.98. The van der Waals surface area contributed by atoms with E-state index in [9.17, 15) is 5.11 Å². The molecule has 1 atom stereocenters. The molecule has 1 fully saturated rings. The van der Waals surface area contributed by atoms with Crippen LogP contribution in [0.1, 0.15) is 37.2 Å². The van der Waals surface area contributed by atoms with Crippen LogP contribution in [0.4, 0.5) is 0 Å². The number of rotatable bonds is 3. The van der Waals surface area contributed by atoms with Gasteiger partial charge in [-0.1, -0.05) is 49.2 Å². The third-order valence-electron chi connectivity index (χ3n) is 3.44. The summed E-state index contributed by atoms with van der Waals surface area (Å²) in [6.07, 6.45) is 5.96. The Morgan fingerprint density at radius 2 is 1.80 bits per heavy atom. The average molecular weight is 202 g/mol. The normalized spacial score (nSPS) is 21.1. The number of hydrogen-bond donors (Lipinski definition) is 1. The molecule has 1 nitrogen and oxygen atoms in total. The van der Waals surface area contributed by atoms with Gasteiger partial charge in [0.25, 0.3) is 0 Å². The molecule has 0 aliphatic heterocycles. The minimum atomic E-state index is -0.552. The highest BCUT2D eigenvalue weighted by Crippen LogP contribution is 2.41. The van der Waals surface area contributed by atoms with Gasteiger partial charge in [0.15, 0.2) is 0 Å². The molecule has 0 saturated heterocycles. The van der Waals surface area contributed by atoms with Gasteiger partial charge in [-0.3, -0.25) is 0 Å². The largest absolute Gasteiger partial charge is 0.389 e. The molecule has 0 radical (unpaired) electrons. The molecule has 1 heteroatoms. The van der Waals surface area contributed by atoms with Crippen LogP contribution in [0.5, 0.6) is 0 Å². The van der Waals surface area contributed by atoms with Crippen LogP contribution >= 0.6 is 0 Å². The summed E-state index contributed by atoms with van der Waals surface area (Å²) in [5.74, 6) is 0.0844. The van der Waals surface area contributed by atoms with Crippen molar-refractivity contribution < 1.29 is 5.11 Å². The molecule has 15 heavy (non-hydrogen) atoms. The first-order valence-corrected chi connectivity index (χ1v) is 5.66. The average Bonchev–Trinajstić information content (AvgIpc) is 2.68. The second kappa shape index (κ2) is 4.19. The lowest BCUT2D eigenvalue weighted by Crippen LogP contribution is -2.31. The summed E-state index contributed by atoms with van der Waals surface area (Å²) >= 11 is 0. The van der Waals surface area contributed by atoms with Crippen LogP contribution in [0.3, 0.4) is 0 Å². The predicted molar refractivity (Wildman–Crippen MR) is 62.8 cm³/mol. The quantitative estimate of drug-likeness (QED) is 0.746. The van der Waals surface area contributed by atoms with E-state index in [1.165, 1.54) is 5.56 Å². The van der Waals surface area contributed by atoms with Crippen molar-refractivity contribution in [3.63, 3.8) is 0 Å². The number of aliphatic hydroxyl groups is 1. The fourth-order valence-electron chi connectivity index (χ4n) is 2.62. The maximum Gasteiger partial charge on any atom is 0.0750 e. The minimum absolute atomic E-state index is 0.0844. The summed E-state index contributed by atoms with van der Waals surface area (Å²) in [5, 5.41) is 10.5. The van der Waals surface area contributed by atoms with E-state index in [1.807, 2.05) is 24.3 Å². The van der Waals surface area contributed by atoms with Crippen LogP contribution in [0.15, 0.2) is 43.0 Å². The van der Waals surface area contributed by atoms with E-state index in [0.29, 0.717) is 0 Å². The Balaban J connectivity index is 2.28. The van der Waals surface area contributed by atoms with Crippen LogP contribution in [0, 0.1) is 0 Å². The van der Waals surface area contributed by atoms with Crippen LogP contribution in [-0.2, 0) is 0 Å². The van der Waals surface area contributed by atoms with Gasteiger partial charge in [0, 0.05) is 5.92 Å². The first-order chi connectivity index (χ1) is 7.26. The SMILES string of the molecule is C=CC(c1ccccc1)C1(O)CCCC1. The van der Waals surface area contributed by atoms with Gasteiger partial charge in [-0.15, -0.1) is 6.58 Å². The zero-order valence-electron chi connectivity index (χ0n) is 9.02. The van der Waals surface area contributed by atoms with Gasteiger partial charge in [-0.05, 0) is 18.4 Å². The van der Waals surface area contributed by atoms with Crippen LogP contribution in [0.25, 0.3) is 0 Å². The second-order valence-electron chi connectivity index (χ2n) is 4.43. The van der Waals surface area contributed by atoms with E-state index in [4.69, 9.17) is 0 Å². The number of benzene rings is 1. The fraction of sp³-hybridized carbons (Fsp3) is 0.429. The molecule has 0 bridgehead atoms. The van der Waals surface area contributed by atoms with E-state index in [2.05, 4.69) is 18.7 Å². The molecule has 80 valence electrons. The van der Waals surface area contributed by atoms with Gasteiger partial charge in [0.05, 0.1) is 5.60 Å². The van der Waals surface area contributed by atoms with Gasteiger partial charge < -0.3 is 5.11 Å².